The Morgan fingerprint density at radius 2 is 2.00 bits per heavy atom. The highest BCUT2D eigenvalue weighted by Gasteiger charge is 2.23. The fraction of sp³-hybridized carbons (Fsp3) is 0.462. The van der Waals surface area contributed by atoms with Gasteiger partial charge in [-0.15, -0.1) is 0 Å². The molecule has 1 saturated carbocycles. The summed E-state index contributed by atoms with van der Waals surface area (Å²) >= 11 is 0. The van der Waals surface area contributed by atoms with Gasteiger partial charge in [-0.1, -0.05) is 12.8 Å². The molecule has 0 unspecified atom stereocenters. The summed E-state index contributed by atoms with van der Waals surface area (Å²) in [6.45, 7) is 0. The summed E-state index contributed by atoms with van der Waals surface area (Å²) in [7, 11) is -3.85. The Kier molecular flexibility index (Phi) is 4.27. The van der Waals surface area contributed by atoms with Crippen molar-refractivity contribution in [1.82, 2.24) is 5.32 Å². The van der Waals surface area contributed by atoms with Crippen LogP contribution in [0.4, 0.5) is 10.1 Å². The number of nitrogen functional groups attached to an aromatic ring is 1. The summed E-state index contributed by atoms with van der Waals surface area (Å²) in [5, 5.41) is 2.69. The topological polar surface area (TPSA) is 89.3 Å². The summed E-state index contributed by atoms with van der Waals surface area (Å²) in [6.07, 6.45) is 3.84. The van der Waals surface area contributed by atoms with E-state index >= 15 is 0 Å². The maximum Gasteiger partial charge on any atom is 0.235 e. The van der Waals surface area contributed by atoms with Crippen molar-refractivity contribution in [3.8, 4) is 0 Å². The van der Waals surface area contributed by atoms with Gasteiger partial charge in [0.15, 0.2) is 9.84 Å². The van der Waals surface area contributed by atoms with Crippen molar-refractivity contribution in [2.24, 2.45) is 0 Å². The van der Waals surface area contributed by atoms with E-state index in [9.17, 15) is 17.6 Å². The second-order valence-electron chi connectivity index (χ2n) is 4.99. The predicted octanol–water partition coefficient (Wildman–Crippen LogP) is 1.24. The highest BCUT2D eigenvalue weighted by Crippen LogP contribution is 2.19. The number of sulfone groups is 1. The molecule has 1 amide bonds. The fourth-order valence-electron chi connectivity index (χ4n) is 2.30. The molecule has 0 bridgehead atoms. The first kappa shape index (κ1) is 14.8. The van der Waals surface area contributed by atoms with Gasteiger partial charge in [0, 0.05) is 6.04 Å². The minimum absolute atomic E-state index is 0.0563. The summed E-state index contributed by atoms with van der Waals surface area (Å²) in [4.78, 5) is 11.5. The highest BCUT2D eigenvalue weighted by molar-refractivity contribution is 7.92. The number of rotatable bonds is 4. The van der Waals surface area contributed by atoms with Crippen LogP contribution in [-0.4, -0.2) is 26.1 Å². The molecule has 3 N–H and O–H groups in total. The molecular formula is C13H17FN2O3S. The Labute approximate surface area is 117 Å². The van der Waals surface area contributed by atoms with Gasteiger partial charge in [-0.05, 0) is 31.0 Å². The van der Waals surface area contributed by atoms with Crippen LogP contribution in [0.15, 0.2) is 23.1 Å². The SMILES string of the molecule is Nc1ccc(S(=O)(=O)CC(=O)NC2CCCC2)cc1F. The number of hydrogen-bond donors (Lipinski definition) is 2. The average molecular weight is 300 g/mol. The van der Waals surface area contributed by atoms with Crippen molar-refractivity contribution in [2.45, 2.75) is 36.6 Å². The minimum Gasteiger partial charge on any atom is -0.396 e. The van der Waals surface area contributed by atoms with Gasteiger partial charge in [0.1, 0.15) is 11.6 Å². The van der Waals surface area contributed by atoms with Crippen LogP contribution in [0, 0.1) is 5.82 Å². The van der Waals surface area contributed by atoms with Crippen LogP contribution in [0.3, 0.4) is 0 Å². The van der Waals surface area contributed by atoms with Gasteiger partial charge in [0.25, 0.3) is 0 Å². The third-order valence-corrected chi connectivity index (χ3v) is 4.99. The van der Waals surface area contributed by atoms with E-state index in [2.05, 4.69) is 5.32 Å². The van der Waals surface area contributed by atoms with Crippen molar-refractivity contribution in [1.29, 1.82) is 0 Å². The smallest absolute Gasteiger partial charge is 0.235 e. The van der Waals surface area contributed by atoms with Crippen molar-refractivity contribution in [3.63, 3.8) is 0 Å². The van der Waals surface area contributed by atoms with E-state index in [-0.39, 0.29) is 16.6 Å². The van der Waals surface area contributed by atoms with Crippen molar-refractivity contribution in [2.75, 3.05) is 11.5 Å². The number of nitrogens with one attached hydrogen (secondary N) is 1. The van der Waals surface area contributed by atoms with Crippen LogP contribution in [0.2, 0.25) is 0 Å². The summed E-state index contributed by atoms with van der Waals surface area (Å²) < 4.78 is 37.3. The standard InChI is InChI=1S/C13H17FN2O3S/c14-11-7-10(5-6-12(11)15)20(18,19)8-13(17)16-9-3-1-2-4-9/h5-7,9H,1-4,8,15H2,(H,16,17). The van der Waals surface area contributed by atoms with Crippen LogP contribution < -0.4 is 11.1 Å². The zero-order chi connectivity index (χ0) is 14.8. The van der Waals surface area contributed by atoms with Gasteiger partial charge in [0.05, 0.1) is 10.6 Å². The first-order valence-electron chi connectivity index (χ1n) is 6.45. The number of benzene rings is 1. The molecule has 7 heteroatoms. The van der Waals surface area contributed by atoms with Crippen molar-refractivity contribution < 1.29 is 17.6 Å². The number of amides is 1. The lowest BCUT2D eigenvalue weighted by molar-refractivity contribution is -0.119. The molecule has 0 saturated heterocycles. The molecule has 1 aliphatic carbocycles. The molecule has 0 aliphatic heterocycles. The second-order valence-corrected chi connectivity index (χ2v) is 6.98. The van der Waals surface area contributed by atoms with Gasteiger partial charge in [-0.3, -0.25) is 4.79 Å². The Morgan fingerprint density at radius 3 is 2.60 bits per heavy atom. The number of carbonyl (C=O) groups is 1. The highest BCUT2D eigenvalue weighted by atomic mass is 32.2. The minimum atomic E-state index is -3.85. The van der Waals surface area contributed by atoms with E-state index in [0.29, 0.717) is 0 Å². The van der Waals surface area contributed by atoms with E-state index in [1.165, 1.54) is 12.1 Å². The van der Waals surface area contributed by atoms with Crippen molar-refractivity contribution in [3.05, 3.63) is 24.0 Å². The molecule has 0 heterocycles. The number of hydrogen-bond acceptors (Lipinski definition) is 4. The van der Waals surface area contributed by atoms with E-state index in [1.54, 1.807) is 0 Å². The maximum absolute atomic E-state index is 13.3. The van der Waals surface area contributed by atoms with Crippen LogP contribution in [0.1, 0.15) is 25.7 Å². The Morgan fingerprint density at radius 1 is 1.35 bits per heavy atom. The molecule has 20 heavy (non-hydrogen) atoms. The summed E-state index contributed by atoms with van der Waals surface area (Å²) in [5.41, 5.74) is 5.17. The predicted molar refractivity (Wildman–Crippen MR) is 73.3 cm³/mol. The zero-order valence-corrected chi connectivity index (χ0v) is 11.7. The molecule has 0 atom stereocenters. The number of carbonyl (C=O) groups excluding carboxylic acids is 1. The molecule has 5 nitrogen and oxygen atoms in total. The van der Waals surface area contributed by atoms with Gasteiger partial charge >= 0.3 is 0 Å². The monoisotopic (exact) mass is 300 g/mol. The quantitative estimate of drug-likeness (QED) is 0.819. The zero-order valence-electron chi connectivity index (χ0n) is 10.9. The average Bonchev–Trinajstić information content (AvgIpc) is 2.84. The molecule has 110 valence electrons. The first-order valence-corrected chi connectivity index (χ1v) is 8.11. The Bertz CT molecular complexity index is 610. The second kappa shape index (κ2) is 5.78. The van der Waals surface area contributed by atoms with Gasteiger partial charge in [-0.25, -0.2) is 12.8 Å². The third kappa shape index (κ3) is 3.47. The third-order valence-electron chi connectivity index (χ3n) is 3.37. The van der Waals surface area contributed by atoms with Crippen LogP contribution in [-0.2, 0) is 14.6 Å². The lowest BCUT2D eigenvalue weighted by atomic mass is 10.2. The number of anilines is 1. The number of halogens is 1. The van der Waals surface area contributed by atoms with E-state index in [1.807, 2.05) is 0 Å². The van der Waals surface area contributed by atoms with Gasteiger partial charge < -0.3 is 11.1 Å². The first-order chi connectivity index (χ1) is 9.38. The lowest BCUT2D eigenvalue weighted by Crippen LogP contribution is -2.36. The normalized spacial score (nSPS) is 16.2. The maximum atomic E-state index is 13.3. The Balaban J connectivity index is 2.06. The molecule has 1 aromatic rings. The molecule has 1 fully saturated rings. The van der Waals surface area contributed by atoms with Crippen LogP contribution >= 0.6 is 0 Å². The fourth-order valence-corrected chi connectivity index (χ4v) is 3.45. The molecule has 0 aromatic heterocycles. The molecule has 1 aromatic carbocycles. The van der Waals surface area contributed by atoms with Gasteiger partial charge in [0.2, 0.25) is 5.91 Å². The van der Waals surface area contributed by atoms with Crippen molar-refractivity contribution >= 4 is 21.4 Å². The molecule has 1 aliphatic rings. The van der Waals surface area contributed by atoms with E-state index < -0.39 is 27.3 Å². The summed E-state index contributed by atoms with van der Waals surface area (Å²) in [6, 6.07) is 3.28. The lowest BCUT2D eigenvalue weighted by Gasteiger charge is -2.12. The molecule has 0 spiro atoms. The number of nitrogens with two attached hydrogens (primary N) is 1. The molecule has 0 radical (unpaired) electrons. The van der Waals surface area contributed by atoms with Crippen LogP contribution in [0.25, 0.3) is 0 Å². The Hall–Kier alpha value is -1.63. The van der Waals surface area contributed by atoms with E-state index in [0.717, 1.165) is 31.7 Å². The molecular weight excluding hydrogens is 283 g/mol. The largest absolute Gasteiger partial charge is 0.396 e. The summed E-state index contributed by atoms with van der Waals surface area (Å²) in [5.74, 6) is -2.02. The van der Waals surface area contributed by atoms with E-state index in [4.69, 9.17) is 5.73 Å². The molecule has 2 rings (SSSR count). The van der Waals surface area contributed by atoms with Gasteiger partial charge in [-0.2, -0.15) is 0 Å². The van der Waals surface area contributed by atoms with Crippen LogP contribution in [0.5, 0.6) is 0 Å².